The first-order valence-electron chi connectivity index (χ1n) is 5.51. The van der Waals surface area contributed by atoms with Crippen LogP contribution < -0.4 is 5.32 Å². The quantitative estimate of drug-likeness (QED) is 0.828. The third-order valence-electron chi connectivity index (χ3n) is 3.16. The number of aliphatic hydroxyl groups excluding tert-OH is 1. The Balaban J connectivity index is 2.36. The zero-order chi connectivity index (χ0) is 11.5. The molecular formula is C13H17NO2. The van der Waals surface area contributed by atoms with Gasteiger partial charge in [0.1, 0.15) is 5.58 Å². The maximum absolute atomic E-state index is 9.44. The molecule has 2 rings (SSSR count). The monoisotopic (exact) mass is 219 g/mol. The molecule has 2 N–H and O–H groups in total. The molecule has 1 aromatic heterocycles. The van der Waals surface area contributed by atoms with Crippen LogP contribution in [0.25, 0.3) is 11.0 Å². The molecule has 0 aliphatic rings. The largest absolute Gasteiger partial charge is 0.464 e. The molecule has 0 aliphatic carbocycles. The minimum Gasteiger partial charge on any atom is -0.464 e. The zero-order valence-corrected chi connectivity index (χ0v) is 9.60. The average molecular weight is 219 g/mol. The number of fused-ring (bicyclic) bond motifs is 1. The van der Waals surface area contributed by atoms with Gasteiger partial charge < -0.3 is 14.8 Å². The molecular weight excluding hydrogens is 202 g/mol. The van der Waals surface area contributed by atoms with E-state index >= 15 is 0 Å². The predicted octanol–water partition coefficient (Wildman–Crippen LogP) is 2.12. The number of nitrogens with one attached hydrogen (secondary N) is 1. The van der Waals surface area contributed by atoms with E-state index < -0.39 is 0 Å². The van der Waals surface area contributed by atoms with Gasteiger partial charge in [-0.05, 0) is 37.7 Å². The van der Waals surface area contributed by atoms with Crippen LogP contribution in [0.4, 0.5) is 0 Å². The molecule has 0 spiro atoms. The summed E-state index contributed by atoms with van der Waals surface area (Å²) < 4.78 is 5.29. The Hall–Kier alpha value is -1.32. The molecule has 0 saturated heterocycles. The number of benzene rings is 1. The summed E-state index contributed by atoms with van der Waals surface area (Å²) in [5.74, 6) is 0.115. The van der Waals surface area contributed by atoms with Crippen molar-refractivity contribution in [3.05, 3.63) is 36.1 Å². The number of hydrogen-bond donors (Lipinski definition) is 2. The molecule has 86 valence electrons. The van der Waals surface area contributed by atoms with Crippen LogP contribution in [0.3, 0.4) is 0 Å². The molecule has 2 atom stereocenters. The van der Waals surface area contributed by atoms with Crippen LogP contribution in [0.1, 0.15) is 18.4 Å². The second-order valence-corrected chi connectivity index (χ2v) is 4.08. The number of rotatable bonds is 4. The highest BCUT2D eigenvalue weighted by Gasteiger charge is 2.17. The van der Waals surface area contributed by atoms with E-state index in [0.717, 1.165) is 16.5 Å². The molecule has 0 bridgehead atoms. The van der Waals surface area contributed by atoms with E-state index in [1.807, 2.05) is 25.2 Å². The van der Waals surface area contributed by atoms with Crippen molar-refractivity contribution < 1.29 is 9.52 Å². The first-order valence-corrected chi connectivity index (χ1v) is 5.51. The molecule has 1 heterocycles. The van der Waals surface area contributed by atoms with Crippen molar-refractivity contribution in [1.82, 2.24) is 5.32 Å². The van der Waals surface area contributed by atoms with Gasteiger partial charge in [-0.25, -0.2) is 0 Å². The lowest BCUT2D eigenvalue weighted by Gasteiger charge is -2.21. The van der Waals surface area contributed by atoms with Crippen molar-refractivity contribution in [3.63, 3.8) is 0 Å². The Labute approximate surface area is 95.1 Å². The second-order valence-electron chi connectivity index (χ2n) is 4.08. The lowest BCUT2D eigenvalue weighted by molar-refractivity contribution is 0.243. The van der Waals surface area contributed by atoms with E-state index in [2.05, 4.69) is 18.3 Å². The van der Waals surface area contributed by atoms with E-state index in [-0.39, 0.29) is 18.6 Å². The van der Waals surface area contributed by atoms with Crippen molar-refractivity contribution >= 4 is 11.0 Å². The van der Waals surface area contributed by atoms with Gasteiger partial charge in [-0.3, -0.25) is 0 Å². The molecule has 16 heavy (non-hydrogen) atoms. The van der Waals surface area contributed by atoms with Gasteiger partial charge in [0.15, 0.2) is 0 Å². The maximum atomic E-state index is 9.44. The summed E-state index contributed by atoms with van der Waals surface area (Å²) in [6.07, 6.45) is 1.68. The van der Waals surface area contributed by atoms with Gasteiger partial charge in [0.25, 0.3) is 0 Å². The first-order chi connectivity index (χ1) is 7.76. The first kappa shape index (κ1) is 11.2. The molecule has 0 aliphatic heterocycles. The number of furan rings is 1. The summed E-state index contributed by atoms with van der Waals surface area (Å²) in [7, 11) is 1.91. The number of aliphatic hydroxyl groups is 1. The van der Waals surface area contributed by atoms with Crippen LogP contribution in [-0.4, -0.2) is 24.8 Å². The zero-order valence-electron chi connectivity index (χ0n) is 9.60. The number of likely N-dealkylation sites (N-methyl/N-ethyl adjacent to an activating group) is 1. The van der Waals surface area contributed by atoms with E-state index in [0.29, 0.717) is 0 Å². The highest BCUT2D eigenvalue weighted by molar-refractivity contribution is 5.77. The Morgan fingerprint density at radius 2 is 2.19 bits per heavy atom. The van der Waals surface area contributed by atoms with Crippen molar-refractivity contribution in [2.75, 3.05) is 13.7 Å². The van der Waals surface area contributed by atoms with Gasteiger partial charge in [0, 0.05) is 17.3 Å². The normalized spacial score (nSPS) is 15.2. The SMILES string of the molecule is CNC(C)C(CO)c1ccc2occc2c1. The average Bonchev–Trinajstić information content (AvgIpc) is 2.77. The molecule has 0 radical (unpaired) electrons. The van der Waals surface area contributed by atoms with Crippen molar-refractivity contribution in [3.8, 4) is 0 Å². The van der Waals surface area contributed by atoms with Gasteiger partial charge in [-0.2, -0.15) is 0 Å². The topological polar surface area (TPSA) is 45.4 Å². The van der Waals surface area contributed by atoms with E-state index in [4.69, 9.17) is 4.42 Å². The minimum absolute atomic E-state index is 0.115. The lowest BCUT2D eigenvalue weighted by atomic mass is 9.92. The smallest absolute Gasteiger partial charge is 0.133 e. The molecule has 3 heteroatoms. The highest BCUT2D eigenvalue weighted by Crippen LogP contribution is 2.24. The predicted molar refractivity (Wildman–Crippen MR) is 64.6 cm³/mol. The Morgan fingerprint density at radius 3 is 2.88 bits per heavy atom. The van der Waals surface area contributed by atoms with E-state index in [1.165, 1.54) is 0 Å². The van der Waals surface area contributed by atoms with Crippen LogP contribution in [0.2, 0.25) is 0 Å². The van der Waals surface area contributed by atoms with Crippen molar-refractivity contribution in [2.45, 2.75) is 18.9 Å². The van der Waals surface area contributed by atoms with Gasteiger partial charge in [0.05, 0.1) is 12.9 Å². The number of hydrogen-bond acceptors (Lipinski definition) is 3. The fraction of sp³-hybridized carbons (Fsp3) is 0.385. The Kier molecular flexibility index (Phi) is 3.27. The summed E-state index contributed by atoms with van der Waals surface area (Å²) in [6.45, 7) is 2.21. The van der Waals surface area contributed by atoms with Gasteiger partial charge >= 0.3 is 0 Å². The third kappa shape index (κ3) is 1.96. The van der Waals surface area contributed by atoms with E-state index in [9.17, 15) is 5.11 Å². The van der Waals surface area contributed by atoms with Crippen molar-refractivity contribution in [1.29, 1.82) is 0 Å². The minimum atomic E-state index is 0.115. The van der Waals surface area contributed by atoms with E-state index in [1.54, 1.807) is 6.26 Å². The van der Waals surface area contributed by atoms with Crippen LogP contribution in [0, 0.1) is 0 Å². The molecule has 2 aromatic rings. The third-order valence-corrected chi connectivity index (χ3v) is 3.16. The Morgan fingerprint density at radius 1 is 1.38 bits per heavy atom. The Bertz CT molecular complexity index is 464. The molecule has 0 amide bonds. The molecule has 0 fully saturated rings. The van der Waals surface area contributed by atoms with Crippen molar-refractivity contribution in [2.24, 2.45) is 0 Å². The molecule has 2 unspecified atom stereocenters. The second kappa shape index (κ2) is 4.68. The van der Waals surface area contributed by atoms with Crippen LogP contribution in [0.15, 0.2) is 34.9 Å². The summed E-state index contributed by atoms with van der Waals surface area (Å²) in [5.41, 5.74) is 2.02. The molecule has 0 saturated carbocycles. The fourth-order valence-electron chi connectivity index (χ4n) is 1.97. The molecule has 3 nitrogen and oxygen atoms in total. The maximum Gasteiger partial charge on any atom is 0.133 e. The van der Waals surface area contributed by atoms with Gasteiger partial charge in [-0.15, -0.1) is 0 Å². The molecule has 1 aromatic carbocycles. The van der Waals surface area contributed by atoms with Crippen LogP contribution in [0.5, 0.6) is 0 Å². The summed E-state index contributed by atoms with van der Waals surface area (Å²) in [5, 5.41) is 13.7. The summed E-state index contributed by atoms with van der Waals surface area (Å²) >= 11 is 0. The summed E-state index contributed by atoms with van der Waals surface area (Å²) in [4.78, 5) is 0. The fourth-order valence-corrected chi connectivity index (χ4v) is 1.97. The summed E-state index contributed by atoms with van der Waals surface area (Å²) in [6, 6.07) is 8.23. The highest BCUT2D eigenvalue weighted by atomic mass is 16.3. The van der Waals surface area contributed by atoms with Crippen LogP contribution in [-0.2, 0) is 0 Å². The standard InChI is InChI=1S/C13H17NO2/c1-9(14-2)12(8-15)10-3-4-13-11(7-10)5-6-16-13/h3-7,9,12,14-15H,8H2,1-2H3. The van der Waals surface area contributed by atoms with Gasteiger partial charge in [0.2, 0.25) is 0 Å². The van der Waals surface area contributed by atoms with Crippen LogP contribution >= 0.6 is 0 Å². The lowest BCUT2D eigenvalue weighted by Crippen LogP contribution is -2.30. The van der Waals surface area contributed by atoms with Gasteiger partial charge in [-0.1, -0.05) is 6.07 Å².